The van der Waals surface area contributed by atoms with Crippen LogP contribution in [0.2, 0.25) is 0 Å². The highest BCUT2D eigenvalue weighted by Crippen LogP contribution is 2.09. The summed E-state index contributed by atoms with van der Waals surface area (Å²) in [5, 5.41) is 3.60. The van der Waals surface area contributed by atoms with E-state index in [1.165, 1.54) is 71.1 Å². The average molecular weight is 238 g/mol. The standard InChI is InChI=1S/C15H30N2/c1-3-5-6-7-8-13-17(12-4-2)14-15-10-9-11-16-15/h3,15-16H,1,4-14H2,2H3. The molecule has 0 aromatic rings. The fourth-order valence-corrected chi connectivity index (χ4v) is 2.64. The summed E-state index contributed by atoms with van der Waals surface area (Å²) in [4.78, 5) is 2.65. The van der Waals surface area contributed by atoms with E-state index in [9.17, 15) is 0 Å². The molecule has 0 bridgehead atoms. The molecule has 1 heterocycles. The molecule has 0 aromatic heterocycles. The second-order valence-corrected chi connectivity index (χ2v) is 5.23. The van der Waals surface area contributed by atoms with Gasteiger partial charge in [0.25, 0.3) is 0 Å². The molecule has 1 fully saturated rings. The summed E-state index contributed by atoms with van der Waals surface area (Å²) in [5.74, 6) is 0. The van der Waals surface area contributed by atoms with Gasteiger partial charge in [0, 0.05) is 12.6 Å². The molecule has 1 unspecified atom stereocenters. The van der Waals surface area contributed by atoms with E-state index in [1.807, 2.05) is 6.08 Å². The van der Waals surface area contributed by atoms with Crippen LogP contribution in [-0.4, -0.2) is 37.1 Å². The van der Waals surface area contributed by atoms with Crippen LogP contribution in [0, 0.1) is 0 Å². The topological polar surface area (TPSA) is 15.3 Å². The summed E-state index contributed by atoms with van der Waals surface area (Å²) in [6, 6.07) is 0.759. The lowest BCUT2D eigenvalue weighted by molar-refractivity contribution is 0.244. The second-order valence-electron chi connectivity index (χ2n) is 5.23. The van der Waals surface area contributed by atoms with Crippen LogP contribution in [0.25, 0.3) is 0 Å². The molecular weight excluding hydrogens is 208 g/mol. The van der Waals surface area contributed by atoms with Crippen LogP contribution in [0.4, 0.5) is 0 Å². The van der Waals surface area contributed by atoms with Crippen LogP contribution in [0.1, 0.15) is 51.9 Å². The molecule has 17 heavy (non-hydrogen) atoms. The molecule has 1 N–H and O–H groups in total. The number of unbranched alkanes of at least 4 members (excludes halogenated alkanes) is 3. The Labute approximate surface area is 107 Å². The Morgan fingerprint density at radius 3 is 2.82 bits per heavy atom. The molecule has 1 atom stereocenters. The predicted octanol–water partition coefficient (Wildman–Crippen LogP) is 3.20. The van der Waals surface area contributed by atoms with Crippen LogP contribution >= 0.6 is 0 Å². The van der Waals surface area contributed by atoms with Gasteiger partial charge >= 0.3 is 0 Å². The quantitative estimate of drug-likeness (QED) is 0.464. The van der Waals surface area contributed by atoms with Gasteiger partial charge in [-0.05, 0) is 58.2 Å². The summed E-state index contributed by atoms with van der Waals surface area (Å²) >= 11 is 0. The first-order valence-electron chi connectivity index (χ1n) is 7.43. The summed E-state index contributed by atoms with van der Waals surface area (Å²) < 4.78 is 0. The van der Waals surface area contributed by atoms with E-state index in [0.717, 1.165) is 6.04 Å². The van der Waals surface area contributed by atoms with E-state index >= 15 is 0 Å². The monoisotopic (exact) mass is 238 g/mol. The van der Waals surface area contributed by atoms with Gasteiger partial charge in [-0.1, -0.05) is 19.4 Å². The summed E-state index contributed by atoms with van der Waals surface area (Å²) in [6.07, 6.45) is 11.2. The van der Waals surface area contributed by atoms with E-state index in [0.29, 0.717) is 0 Å². The Hall–Kier alpha value is -0.340. The highest BCUT2D eigenvalue weighted by Gasteiger charge is 2.16. The molecule has 0 spiro atoms. The fourth-order valence-electron chi connectivity index (χ4n) is 2.64. The van der Waals surface area contributed by atoms with Gasteiger partial charge < -0.3 is 10.2 Å². The lowest BCUT2D eigenvalue weighted by Crippen LogP contribution is -2.38. The van der Waals surface area contributed by atoms with E-state index in [4.69, 9.17) is 0 Å². The summed E-state index contributed by atoms with van der Waals surface area (Å²) in [7, 11) is 0. The van der Waals surface area contributed by atoms with E-state index in [1.54, 1.807) is 0 Å². The highest BCUT2D eigenvalue weighted by atomic mass is 15.1. The van der Waals surface area contributed by atoms with Crippen molar-refractivity contribution in [1.29, 1.82) is 0 Å². The maximum Gasteiger partial charge on any atom is 0.0195 e. The largest absolute Gasteiger partial charge is 0.313 e. The van der Waals surface area contributed by atoms with E-state index in [-0.39, 0.29) is 0 Å². The van der Waals surface area contributed by atoms with Crippen molar-refractivity contribution in [3.05, 3.63) is 12.7 Å². The third kappa shape index (κ3) is 6.85. The Bertz CT molecular complexity index is 185. The van der Waals surface area contributed by atoms with Crippen molar-refractivity contribution in [3.8, 4) is 0 Å². The van der Waals surface area contributed by atoms with Crippen LogP contribution < -0.4 is 5.32 Å². The molecule has 2 heteroatoms. The van der Waals surface area contributed by atoms with Gasteiger partial charge in [0.2, 0.25) is 0 Å². The summed E-state index contributed by atoms with van der Waals surface area (Å²) in [5.41, 5.74) is 0. The van der Waals surface area contributed by atoms with Gasteiger partial charge in [-0.25, -0.2) is 0 Å². The number of allylic oxidation sites excluding steroid dienone is 1. The predicted molar refractivity (Wildman–Crippen MR) is 76.4 cm³/mol. The van der Waals surface area contributed by atoms with Gasteiger partial charge in [0.15, 0.2) is 0 Å². The Kier molecular flexibility index (Phi) is 8.37. The van der Waals surface area contributed by atoms with Crippen LogP contribution in [0.3, 0.4) is 0 Å². The molecule has 1 rings (SSSR count). The minimum absolute atomic E-state index is 0.759. The number of rotatable bonds is 10. The third-order valence-electron chi connectivity index (χ3n) is 3.56. The van der Waals surface area contributed by atoms with Crippen molar-refractivity contribution >= 4 is 0 Å². The normalized spacial score (nSPS) is 20.0. The fraction of sp³-hybridized carbons (Fsp3) is 0.867. The van der Waals surface area contributed by atoms with Crippen molar-refractivity contribution < 1.29 is 0 Å². The van der Waals surface area contributed by atoms with Gasteiger partial charge in [-0.3, -0.25) is 0 Å². The van der Waals surface area contributed by atoms with Crippen LogP contribution in [0.15, 0.2) is 12.7 Å². The van der Waals surface area contributed by atoms with Gasteiger partial charge in [-0.2, -0.15) is 0 Å². The first-order valence-corrected chi connectivity index (χ1v) is 7.43. The molecule has 2 nitrogen and oxygen atoms in total. The SMILES string of the molecule is C=CCCCCCN(CCC)CC1CCCN1. The Balaban J connectivity index is 2.10. The minimum atomic E-state index is 0.759. The first kappa shape index (κ1) is 14.7. The lowest BCUT2D eigenvalue weighted by atomic mass is 10.1. The van der Waals surface area contributed by atoms with Crippen molar-refractivity contribution in [2.24, 2.45) is 0 Å². The molecule has 0 aromatic carbocycles. The maximum absolute atomic E-state index is 3.77. The van der Waals surface area contributed by atoms with Crippen molar-refractivity contribution in [3.63, 3.8) is 0 Å². The molecule has 0 aliphatic carbocycles. The third-order valence-corrected chi connectivity index (χ3v) is 3.56. The molecule has 1 aliphatic heterocycles. The molecule has 1 saturated heterocycles. The lowest BCUT2D eigenvalue weighted by Gasteiger charge is -2.25. The molecule has 0 amide bonds. The van der Waals surface area contributed by atoms with Crippen molar-refractivity contribution in [2.45, 2.75) is 57.9 Å². The van der Waals surface area contributed by atoms with Crippen molar-refractivity contribution in [2.75, 3.05) is 26.2 Å². The molecule has 0 saturated carbocycles. The number of nitrogens with one attached hydrogen (secondary N) is 1. The number of nitrogens with zero attached hydrogens (tertiary/aromatic N) is 1. The minimum Gasteiger partial charge on any atom is -0.313 e. The van der Waals surface area contributed by atoms with Gasteiger partial charge in [0.1, 0.15) is 0 Å². The second kappa shape index (κ2) is 9.67. The molecule has 1 aliphatic rings. The van der Waals surface area contributed by atoms with Crippen molar-refractivity contribution in [1.82, 2.24) is 10.2 Å². The maximum atomic E-state index is 3.77. The van der Waals surface area contributed by atoms with Gasteiger partial charge in [-0.15, -0.1) is 6.58 Å². The zero-order valence-corrected chi connectivity index (χ0v) is 11.6. The van der Waals surface area contributed by atoms with E-state index in [2.05, 4.69) is 23.7 Å². The molecule has 100 valence electrons. The summed E-state index contributed by atoms with van der Waals surface area (Å²) in [6.45, 7) is 11.1. The smallest absolute Gasteiger partial charge is 0.0195 e. The zero-order chi connectivity index (χ0) is 12.3. The van der Waals surface area contributed by atoms with Crippen LogP contribution in [-0.2, 0) is 0 Å². The van der Waals surface area contributed by atoms with E-state index < -0.39 is 0 Å². The Morgan fingerprint density at radius 1 is 1.29 bits per heavy atom. The number of hydrogen-bond acceptors (Lipinski definition) is 2. The number of hydrogen-bond donors (Lipinski definition) is 1. The molecule has 0 radical (unpaired) electrons. The Morgan fingerprint density at radius 2 is 2.18 bits per heavy atom. The molecular formula is C15H30N2. The first-order chi connectivity index (χ1) is 8.36. The van der Waals surface area contributed by atoms with Gasteiger partial charge in [0.05, 0.1) is 0 Å². The zero-order valence-electron chi connectivity index (χ0n) is 11.6. The average Bonchev–Trinajstić information content (AvgIpc) is 2.82. The van der Waals surface area contributed by atoms with Crippen LogP contribution in [0.5, 0.6) is 0 Å². The highest BCUT2D eigenvalue weighted by molar-refractivity contribution is 4.77.